The number of aliphatic imine (C=N–C) groups is 1. The third-order valence-corrected chi connectivity index (χ3v) is 6.06. The maximum absolute atomic E-state index is 12.6. The SMILES string of the molecule is O=C1N=C(NC(Cc2ccccc2)C2=COCO2)SC1=Cc1cccc2ccccc12. The number of carbonyl (C=O) groups excluding carboxylic acids is 1. The Balaban J connectivity index is 1.36. The summed E-state index contributed by atoms with van der Waals surface area (Å²) in [6.07, 6.45) is 4.22. The second-order valence-corrected chi connectivity index (χ2v) is 8.27. The minimum atomic E-state index is -0.239. The number of thioether (sulfide) groups is 1. The van der Waals surface area contributed by atoms with Crippen LogP contribution in [0.5, 0.6) is 0 Å². The molecule has 2 aliphatic rings. The van der Waals surface area contributed by atoms with Crippen molar-refractivity contribution in [2.24, 2.45) is 4.99 Å². The highest BCUT2D eigenvalue weighted by Gasteiger charge is 2.27. The molecule has 3 aromatic rings. The number of nitrogens with zero attached hydrogens (tertiary/aromatic N) is 1. The molecule has 3 aromatic carbocycles. The van der Waals surface area contributed by atoms with E-state index in [0.29, 0.717) is 22.3 Å². The third kappa shape index (κ3) is 4.34. The van der Waals surface area contributed by atoms with E-state index in [4.69, 9.17) is 9.47 Å². The van der Waals surface area contributed by atoms with Gasteiger partial charge in [0.1, 0.15) is 6.26 Å². The van der Waals surface area contributed by atoms with Crippen LogP contribution in [0, 0.1) is 0 Å². The normalized spacial score (nSPS) is 17.8. The van der Waals surface area contributed by atoms with Crippen LogP contribution in [0.1, 0.15) is 11.1 Å². The average Bonchev–Trinajstić information content (AvgIpc) is 3.45. The number of nitrogens with one attached hydrogen (secondary N) is 1. The maximum atomic E-state index is 12.6. The first-order chi connectivity index (χ1) is 15.3. The van der Waals surface area contributed by atoms with Gasteiger partial charge in [-0.3, -0.25) is 4.79 Å². The fraction of sp³-hybridized carbons (Fsp3) is 0.120. The van der Waals surface area contributed by atoms with Gasteiger partial charge in [-0.1, -0.05) is 72.8 Å². The minimum absolute atomic E-state index is 0.180. The lowest BCUT2D eigenvalue weighted by molar-refractivity contribution is -0.113. The van der Waals surface area contributed by atoms with Crippen LogP contribution in [0.3, 0.4) is 0 Å². The van der Waals surface area contributed by atoms with Crippen molar-refractivity contribution >= 4 is 39.7 Å². The molecule has 1 atom stereocenters. The molecule has 0 radical (unpaired) electrons. The summed E-state index contributed by atoms with van der Waals surface area (Å²) in [7, 11) is 0. The molecule has 1 amide bonds. The molecule has 0 fully saturated rings. The van der Waals surface area contributed by atoms with Crippen molar-refractivity contribution < 1.29 is 14.3 Å². The molecule has 154 valence electrons. The van der Waals surface area contributed by atoms with E-state index < -0.39 is 0 Å². The highest BCUT2D eigenvalue weighted by molar-refractivity contribution is 8.18. The first-order valence-corrected chi connectivity index (χ1v) is 10.8. The molecule has 0 saturated carbocycles. The minimum Gasteiger partial charge on any atom is -0.462 e. The zero-order valence-corrected chi connectivity index (χ0v) is 17.5. The Kier molecular flexibility index (Phi) is 5.46. The van der Waals surface area contributed by atoms with Crippen LogP contribution in [0.15, 0.2) is 94.7 Å². The molecular weight excluding hydrogens is 408 g/mol. The summed E-state index contributed by atoms with van der Waals surface area (Å²) in [5, 5.41) is 6.18. The lowest BCUT2D eigenvalue weighted by atomic mass is 10.0. The fourth-order valence-electron chi connectivity index (χ4n) is 3.65. The van der Waals surface area contributed by atoms with E-state index in [2.05, 4.69) is 40.6 Å². The zero-order valence-electron chi connectivity index (χ0n) is 16.7. The van der Waals surface area contributed by atoms with Crippen molar-refractivity contribution in [1.29, 1.82) is 0 Å². The van der Waals surface area contributed by atoms with E-state index in [1.165, 1.54) is 11.8 Å². The first-order valence-electron chi connectivity index (χ1n) is 10.0. The second-order valence-electron chi connectivity index (χ2n) is 7.24. The van der Waals surface area contributed by atoms with Gasteiger partial charge in [-0.2, -0.15) is 4.99 Å². The number of rotatable bonds is 5. The number of fused-ring (bicyclic) bond motifs is 1. The van der Waals surface area contributed by atoms with Gasteiger partial charge in [0.15, 0.2) is 10.9 Å². The molecule has 0 aliphatic carbocycles. The van der Waals surface area contributed by atoms with E-state index in [1.807, 2.05) is 48.5 Å². The van der Waals surface area contributed by atoms with E-state index in [9.17, 15) is 4.79 Å². The standard InChI is InChI=1S/C25H20N2O3S/c28-24-23(14-19-11-6-10-18-9-4-5-12-20(18)19)31-25(27-24)26-21(22-15-29-16-30-22)13-17-7-2-1-3-8-17/h1-12,14-15,21H,13,16H2,(H,26,27,28). The van der Waals surface area contributed by atoms with Gasteiger partial charge in [0.05, 0.1) is 10.9 Å². The van der Waals surface area contributed by atoms with E-state index in [-0.39, 0.29) is 18.7 Å². The number of hydrogen-bond donors (Lipinski definition) is 1. The molecule has 0 saturated heterocycles. The third-order valence-electron chi connectivity index (χ3n) is 5.15. The van der Waals surface area contributed by atoms with Gasteiger partial charge < -0.3 is 14.8 Å². The maximum Gasteiger partial charge on any atom is 0.286 e. The van der Waals surface area contributed by atoms with Gasteiger partial charge in [0.25, 0.3) is 5.91 Å². The van der Waals surface area contributed by atoms with Crippen LogP contribution in [-0.4, -0.2) is 23.9 Å². The zero-order chi connectivity index (χ0) is 21.0. The highest BCUT2D eigenvalue weighted by Crippen LogP contribution is 2.30. The van der Waals surface area contributed by atoms with Gasteiger partial charge >= 0.3 is 0 Å². The smallest absolute Gasteiger partial charge is 0.286 e. The summed E-state index contributed by atoms with van der Waals surface area (Å²) < 4.78 is 10.9. The van der Waals surface area contributed by atoms with Gasteiger partial charge in [0, 0.05) is 0 Å². The van der Waals surface area contributed by atoms with Gasteiger partial charge in [-0.15, -0.1) is 0 Å². The Bertz CT molecular complexity index is 1210. The predicted molar refractivity (Wildman–Crippen MR) is 124 cm³/mol. The number of amides is 1. The monoisotopic (exact) mass is 428 g/mol. The van der Waals surface area contributed by atoms with Crippen LogP contribution in [0.25, 0.3) is 16.8 Å². The van der Waals surface area contributed by atoms with Crippen LogP contribution < -0.4 is 5.32 Å². The molecule has 0 aromatic heterocycles. The van der Waals surface area contributed by atoms with Crippen LogP contribution in [0.2, 0.25) is 0 Å². The number of benzene rings is 3. The molecule has 31 heavy (non-hydrogen) atoms. The summed E-state index contributed by atoms with van der Waals surface area (Å²) in [6, 6.07) is 24.2. The Hall–Kier alpha value is -3.51. The summed E-state index contributed by atoms with van der Waals surface area (Å²) in [5.41, 5.74) is 2.15. The van der Waals surface area contributed by atoms with E-state index in [0.717, 1.165) is 21.9 Å². The summed E-state index contributed by atoms with van der Waals surface area (Å²) >= 11 is 1.35. The van der Waals surface area contributed by atoms with Crippen LogP contribution >= 0.6 is 11.8 Å². The Labute approximate surface area is 184 Å². The van der Waals surface area contributed by atoms with Gasteiger partial charge in [0.2, 0.25) is 6.79 Å². The van der Waals surface area contributed by atoms with Crippen molar-refractivity contribution in [1.82, 2.24) is 5.32 Å². The van der Waals surface area contributed by atoms with Gasteiger partial charge in [-0.05, 0) is 46.2 Å². The highest BCUT2D eigenvalue weighted by atomic mass is 32.2. The Morgan fingerprint density at radius 1 is 1.03 bits per heavy atom. The molecule has 1 N–H and O–H groups in total. The summed E-state index contributed by atoms with van der Waals surface area (Å²) in [6.45, 7) is 0.201. The predicted octanol–water partition coefficient (Wildman–Crippen LogP) is 4.86. The molecule has 2 aliphatic heterocycles. The molecule has 0 spiro atoms. The molecule has 6 heteroatoms. The van der Waals surface area contributed by atoms with Crippen molar-refractivity contribution in [3.05, 3.63) is 101 Å². The summed E-state index contributed by atoms with van der Waals surface area (Å²) in [4.78, 5) is 17.4. The van der Waals surface area contributed by atoms with Crippen LogP contribution in [0.4, 0.5) is 0 Å². The topological polar surface area (TPSA) is 59.9 Å². The molecule has 1 unspecified atom stereocenters. The Morgan fingerprint density at radius 3 is 2.68 bits per heavy atom. The molecule has 2 heterocycles. The number of carbonyl (C=O) groups is 1. The van der Waals surface area contributed by atoms with Crippen molar-refractivity contribution in [2.45, 2.75) is 12.5 Å². The number of ether oxygens (including phenoxy) is 2. The average molecular weight is 429 g/mol. The first kappa shape index (κ1) is 19.5. The fourth-order valence-corrected chi connectivity index (χ4v) is 4.50. The second kappa shape index (κ2) is 8.70. The molecule has 5 nitrogen and oxygen atoms in total. The van der Waals surface area contributed by atoms with E-state index >= 15 is 0 Å². The Morgan fingerprint density at radius 2 is 1.84 bits per heavy atom. The van der Waals surface area contributed by atoms with Crippen molar-refractivity contribution in [2.75, 3.05) is 6.79 Å². The van der Waals surface area contributed by atoms with E-state index in [1.54, 1.807) is 6.26 Å². The summed E-state index contributed by atoms with van der Waals surface area (Å²) in [5.74, 6) is 0.461. The number of amidine groups is 1. The lowest BCUT2D eigenvalue weighted by Crippen LogP contribution is -2.36. The van der Waals surface area contributed by atoms with Crippen molar-refractivity contribution in [3.63, 3.8) is 0 Å². The van der Waals surface area contributed by atoms with Crippen molar-refractivity contribution in [3.8, 4) is 0 Å². The largest absolute Gasteiger partial charge is 0.462 e. The number of hydrogen-bond acceptors (Lipinski definition) is 5. The van der Waals surface area contributed by atoms with Crippen LogP contribution in [-0.2, 0) is 20.7 Å². The molecule has 0 bridgehead atoms. The lowest BCUT2D eigenvalue weighted by Gasteiger charge is -2.19. The molecule has 5 rings (SSSR count). The quantitative estimate of drug-likeness (QED) is 0.589. The molecular formula is C25H20N2O3S. The van der Waals surface area contributed by atoms with Gasteiger partial charge in [-0.25, -0.2) is 0 Å².